The SMILES string of the molecule is CC1(c2nc(-c3cccc(-c4ccc(-n5c6ccccc6c6ccc7ccccc7c65)cc4)c3)nc(C3(C)CC4CC[C@@H](C4)C3)n2)CC2CC[C@@H](C2)C1. The third kappa shape index (κ3) is 5.19. The molecule has 4 heteroatoms. The average molecular weight is 693 g/mol. The summed E-state index contributed by atoms with van der Waals surface area (Å²) >= 11 is 0. The summed E-state index contributed by atoms with van der Waals surface area (Å²) in [5.41, 5.74) is 7.18. The molecule has 0 saturated heterocycles. The lowest BCUT2D eigenvalue weighted by atomic mass is 9.68. The highest BCUT2D eigenvalue weighted by molar-refractivity contribution is 6.18. The molecule has 4 aliphatic rings. The highest BCUT2D eigenvalue weighted by Crippen LogP contribution is 2.53. The molecule has 5 aromatic carbocycles. The van der Waals surface area contributed by atoms with Gasteiger partial charge in [0.25, 0.3) is 0 Å². The van der Waals surface area contributed by atoms with Gasteiger partial charge in [0.2, 0.25) is 0 Å². The van der Waals surface area contributed by atoms with Gasteiger partial charge in [-0.3, -0.25) is 0 Å². The van der Waals surface area contributed by atoms with Crippen molar-refractivity contribution in [2.24, 2.45) is 23.7 Å². The Balaban J connectivity index is 0.995. The molecule has 0 spiro atoms. The fraction of sp³-hybridized carbons (Fsp3) is 0.367. The second-order valence-electron chi connectivity index (χ2n) is 18.0. The smallest absolute Gasteiger partial charge is 0.163 e. The third-order valence-electron chi connectivity index (χ3n) is 14.1. The number of rotatable bonds is 5. The highest BCUT2D eigenvalue weighted by Gasteiger charge is 2.47. The van der Waals surface area contributed by atoms with E-state index in [1.54, 1.807) is 0 Å². The van der Waals surface area contributed by atoms with Gasteiger partial charge in [0.15, 0.2) is 5.82 Å². The molecular formula is C49H48N4. The van der Waals surface area contributed by atoms with Gasteiger partial charge >= 0.3 is 0 Å². The van der Waals surface area contributed by atoms with Crippen molar-refractivity contribution in [1.82, 2.24) is 19.5 Å². The maximum Gasteiger partial charge on any atom is 0.163 e. The van der Waals surface area contributed by atoms with Crippen LogP contribution in [0.2, 0.25) is 0 Å². The molecule has 4 fully saturated rings. The zero-order valence-corrected chi connectivity index (χ0v) is 31.1. The molecule has 2 heterocycles. The molecule has 0 aliphatic heterocycles. The molecule has 0 N–H and O–H groups in total. The van der Waals surface area contributed by atoms with Crippen LogP contribution in [0.1, 0.15) is 89.7 Å². The van der Waals surface area contributed by atoms with Crippen molar-refractivity contribution in [2.75, 3.05) is 0 Å². The summed E-state index contributed by atoms with van der Waals surface area (Å²) in [7, 11) is 0. The van der Waals surface area contributed by atoms with E-state index in [9.17, 15) is 0 Å². The van der Waals surface area contributed by atoms with E-state index in [1.807, 2.05) is 0 Å². The van der Waals surface area contributed by atoms with Gasteiger partial charge in [0.1, 0.15) is 11.6 Å². The molecule has 53 heavy (non-hydrogen) atoms. The van der Waals surface area contributed by atoms with Crippen LogP contribution in [-0.4, -0.2) is 19.5 Å². The van der Waals surface area contributed by atoms with E-state index < -0.39 is 0 Å². The first-order chi connectivity index (χ1) is 25.9. The first-order valence-electron chi connectivity index (χ1n) is 20.3. The minimum Gasteiger partial charge on any atom is -0.309 e. The van der Waals surface area contributed by atoms with E-state index in [2.05, 4.69) is 128 Å². The van der Waals surface area contributed by atoms with E-state index in [4.69, 9.17) is 15.0 Å². The van der Waals surface area contributed by atoms with Gasteiger partial charge in [0.05, 0.1) is 11.0 Å². The fourth-order valence-electron chi connectivity index (χ4n) is 11.9. The topological polar surface area (TPSA) is 43.6 Å². The summed E-state index contributed by atoms with van der Waals surface area (Å²) in [5.74, 6) is 6.24. The van der Waals surface area contributed by atoms with Crippen molar-refractivity contribution in [3.05, 3.63) is 121 Å². The number of para-hydroxylation sites is 1. The van der Waals surface area contributed by atoms with Crippen molar-refractivity contribution >= 4 is 32.6 Å². The van der Waals surface area contributed by atoms with Crippen LogP contribution in [0, 0.1) is 23.7 Å². The molecule has 4 nitrogen and oxygen atoms in total. The third-order valence-corrected chi connectivity index (χ3v) is 14.1. The Morgan fingerprint density at radius 1 is 0.509 bits per heavy atom. The van der Waals surface area contributed by atoms with Crippen LogP contribution in [0.4, 0.5) is 0 Å². The highest BCUT2D eigenvalue weighted by atomic mass is 15.1. The Bertz CT molecular complexity index is 2460. The number of hydrogen-bond donors (Lipinski definition) is 0. The van der Waals surface area contributed by atoms with Crippen LogP contribution < -0.4 is 0 Å². The summed E-state index contributed by atoms with van der Waals surface area (Å²) in [4.78, 5) is 16.3. The number of hydrogen-bond acceptors (Lipinski definition) is 3. The fourth-order valence-corrected chi connectivity index (χ4v) is 11.9. The number of benzene rings is 5. The van der Waals surface area contributed by atoms with Crippen molar-refractivity contribution < 1.29 is 0 Å². The summed E-state index contributed by atoms with van der Waals surface area (Å²) in [6.07, 6.45) is 13.1. The molecule has 2 aromatic heterocycles. The second kappa shape index (κ2) is 11.8. The molecule has 0 amide bonds. The van der Waals surface area contributed by atoms with Gasteiger partial charge in [0, 0.05) is 38.2 Å². The van der Waals surface area contributed by atoms with E-state index >= 15 is 0 Å². The van der Waals surface area contributed by atoms with Gasteiger partial charge in [-0.25, -0.2) is 15.0 Å². The van der Waals surface area contributed by atoms with Gasteiger partial charge in [-0.2, -0.15) is 0 Å². The zero-order chi connectivity index (χ0) is 35.3. The predicted octanol–water partition coefficient (Wildman–Crippen LogP) is 12.4. The van der Waals surface area contributed by atoms with E-state index in [0.717, 1.165) is 46.7 Å². The Morgan fingerprint density at radius 3 is 1.75 bits per heavy atom. The monoisotopic (exact) mass is 692 g/mol. The maximum atomic E-state index is 5.50. The minimum atomic E-state index is 0.0199. The number of aromatic nitrogens is 4. The standard InChI is InChI=1S/C49H48N4/c1-48(27-31-14-15-32(24-31)28-48)46-50-45(51-47(52-46)49(2)29-33-16-17-34(25-33)30-49)38-10-7-9-37(26-38)35-18-21-39(22-19-35)53-43-13-6-5-12-41(43)42-23-20-36-8-3-4-11-40(36)44(42)53/h3-13,18-23,26,31-34H,14-17,24-25,27-30H2,1-2H3/t31-,32?,33-,34?,48?,49?/m0/s1. The van der Waals surface area contributed by atoms with E-state index in [-0.39, 0.29) is 10.8 Å². The van der Waals surface area contributed by atoms with Crippen molar-refractivity contribution in [2.45, 2.75) is 88.9 Å². The van der Waals surface area contributed by atoms with Crippen LogP contribution in [0.25, 0.3) is 60.8 Å². The van der Waals surface area contributed by atoms with Gasteiger partial charge < -0.3 is 4.57 Å². The van der Waals surface area contributed by atoms with Crippen LogP contribution in [-0.2, 0) is 10.8 Å². The quantitative estimate of drug-likeness (QED) is 0.180. The van der Waals surface area contributed by atoms with Gasteiger partial charge in [-0.1, -0.05) is 124 Å². The summed E-state index contributed by atoms with van der Waals surface area (Å²) in [5, 5.41) is 5.11. The lowest BCUT2D eigenvalue weighted by Crippen LogP contribution is -2.37. The minimum absolute atomic E-state index is 0.0199. The lowest BCUT2D eigenvalue weighted by molar-refractivity contribution is 0.207. The number of nitrogens with zero attached hydrogens (tertiary/aromatic N) is 4. The molecule has 11 rings (SSSR count). The molecule has 4 aliphatic carbocycles. The Morgan fingerprint density at radius 2 is 1.09 bits per heavy atom. The maximum absolute atomic E-state index is 5.50. The molecule has 7 aromatic rings. The molecule has 0 radical (unpaired) electrons. The molecule has 4 saturated carbocycles. The Labute approximate surface area is 312 Å². The van der Waals surface area contributed by atoms with Crippen LogP contribution in [0.5, 0.6) is 0 Å². The summed E-state index contributed by atoms with van der Waals surface area (Å²) < 4.78 is 2.44. The Hall–Kier alpha value is -4.83. The Kier molecular flexibility index (Phi) is 7.07. The van der Waals surface area contributed by atoms with Crippen LogP contribution >= 0.6 is 0 Å². The zero-order valence-electron chi connectivity index (χ0n) is 31.1. The predicted molar refractivity (Wildman–Crippen MR) is 217 cm³/mol. The molecular weight excluding hydrogens is 645 g/mol. The molecule has 4 unspecified atom stereocenters. The van der Waals surface area contributed by atoms with Crippen LogP contribution in [0.15, 0.2) is 109 Å². The summed E-state index contributed by atoms with van der Waals surface area (Å²) in [6.45, 7) is 4.93. The molecule has 4 bridgehead atoms. The van der Waals surface area contributed by atoms with Gasteiger partial charge in [-0.05, 0) is 103 Å². The van der Waals surface area contributed by atoms with Gasteiger partial charge in [-0.15, -0.1) is 0 Å². The second-order valence-corrected chi connectivity index (χ2v) is 18.0. The largest absolute Gasteiger partial charge is 0.309 e. The normalized spacial score (nSPS) is 28.0. The van der Waals surface area contributed by atoms with Crippen molar-refractivity contribution in [3.63, 3.8) is 0 Å². The first-order valence-corrected chi connectivity index (χ1v) is 20.3. The summed E-state index contributed by atoms with van der Waals surface area (Å²) in [6, 6.07) is 40.1. The average Bonchev–Trinajstić information content (AvgIpc) is 3.85. The van der Waals surface area contributed by atoms with Crippen molar-refractivity contribution in [1.29, 1.82) is 0 Å². The lowest BCUT2D eigenvalue weighted by Gasteiger charge is -2.39. The first kappa shape index (κ1) is 31.7. The van der Waals surface area contributed by atoms with E-state index in [0.29, 0.717) is 0 Å². The molecule has 6 atom stereocenters. The molecule has 264 valence electrons. The number of fused-ring (bicyclic) bond motifs is 9. The van der Waals surface area contributed by atoms with Crippen LogP contribution in [0.3, 0.4) is 0 Å². The van der Waals surface area contributed by atoms with E-state index in [1.165, 1.54) is 114 Å². The van der Waals surface area contributed by atoms with Crippen molar-refractivity contribution in [3.8, 4) is 28.2 Å².